The SMILES string of the molecule is CC/C(=C(/c1ccc(O)cc1)c1ccc(C(=O)O)cc1)c1ccccc1. The fourth-order valence-corrected chi connectivity index (χ4v) is 3.09. The maximum absolute atomic E-state index is 11.2. The van der Waals surface area contributed by atoms with Gasteiger partial charge in [0.05, 0.1) is 5.56 Å². The molecule has 0 bridgehead atoms. The van der Waals surface area contributed by atoms with E-state index in [1.54, 1.807) is 24.3 Å². The third kappa shape index (κ3) is 3.67. The van der Waals surface area contributed by atoms with E-state index in [-0.39, 0.29) is 11.3 Å². The summed E-state index contributed by atoms with van der Waals surface area (Å²) in [5.74, 6) is -0.724. The van der Waals surface area contributed by atoms with Gasteiger partial charge in [-0.25, -0.2) is 4.79 Å². The van der Waals surface area contributed by atoms with E-state index >= 15 is 0 Å². The van der Waals surface area contributed by atoms with E-state index in [0.29, 0.717) is 0 Å². The number of allylic oxidation sites excluding steroid dienone is 1. The van der Waals surface area contributed by atoms with Crippen LogP contribution in [0, 0.1) is 0 Å². The van der Waals surface area contributed by atoms with Crippen molar-refractivity contribution in [3.05, 3.63) is 101 Å². The smallest absolute Gasteiger partial charge is 0.335 e. The summed E-state index contributed by atoms with van der Waals surface area (Å²) >= 11 is 0. The summed E-state index contributed by atoms with van der Waals surface area (Å²) in [6.07, 6.45) is 0.820. The molecule has 0 aliphatic heterocycles. The Balaban J connectivity index is 2.23. The Morgan fingerprint density at radius 1 is 0.731 bits per heavy atom. The lowest BCUT2D eigenvalue weighted by Crippen LogP contribution is -1.98. The van der Waals surface area contributed by atoms with Crippen molar-refractivity contribution in [2.24, 2.45) is 0 Å². The standard InChI is InChI=1S/C23H20O3/c1-2-21(16-6-4-3-5-7-16)22(18-12-14-20(24)15-13-18)17-8-10-19(11-9-17)23(25)26/h3-15,24H,2H2,1H3,(H,25,26)/b22-21-. The van der Waals surface area contributed by atoms with Crippen LogP contribution in [0.2, 0.25) is 0 Å². The highest BCUT2D eigenvalue weighted by Crippen LogP contribution is 2.35. The molecule has 0 aliphatic rings. The fourth-order valence-electron chi connectivity index (χ4n) is 3.09. The summed E-state index contributed by atoms with van der Waals surface area (Å²) in [5, 5.41) is 18.8. The molecule has 0 heterocycles. The normalized spacial score (nSPS) is 11.7. The van der Waals surface area contributed by atoms with Gasteiger partial charge in [0.2, 0.25) is 0 Å². The van der Waals surface area contributed by atoms with Crippen molar-refractivity contribution >= 4 is 17.1 Å². The molecule has 0 atom stereocenters. The van der Waals surface area contributed by atoms with Gasteiger partial charge in [0, 0.05) is 0 Å². The topological polar surface area (TPSA) is 57.5 Å². The molecule has 2 N–H and O–H groups in total. The molecule has 3 nitrogen and oxygen atoms in total. The van der Waals surface area contributed by atoms with Crippen LogP contribution in [0.5, 0.6) is 5.75 Å². The van der Waals surface area contributed by atoms with Crippen molar-refractivity contribution in [3.63, 3.8) is 0 Å². The van der Waals surface area contributed by atoms with Gasteiger partial charge in [-0.15, -0.1) is 0 Å². The lowest BCUT2D eigenvalue weighted by molar-refractivity contribution is 0.0697. The zero-order valence-corrected chi connectivity index (χ0v) is 14.5. The maximum atomic E-state index is 11.2. The molecule has 3 aromatic carbocycles. The van der Waals surface area contributed by atoms with Crippen LogP contribution < -0.4 is 0 Å². The van der Waals surface area contributed by atoms with E-state index in [1.165, 1.54) is 5.57 Å². The summed E-state index contributed by atoms with van der Waals surface area (Å²) in [6, 6.07) is 24.2. The number of aromatic carboxylic acids is 1. The molecular weight excluding hydrogens is 324 g/mol. The zero-order valence-electron chi connectivity index (χ0n) is 14.5. The number of rotatable bonds is 5. The van der Waals surface area contributed by atoms with Crippen LogP contribution in [0.25, 0.3) is 11.1 Å². The van der Waals surface area contributed by atoms with Gasteiger partial charge < -0.3 is 10.2 Å². The summed E-state index contributed by atoms with van der Waals surface area (Å²) in [7, 11) is 0. The minimum Gasteiger partial charge on any atom is -0.508 e. The lowest BCUT2D eigenvalue weighted by atomic mass is 9.88. The van der Waals surface area contributed by atoms with Crippen LogP contribution in [-0.4, -0.2) is 16.2 Å². The number of carboxylic acid groups (broad SMARTS) is 1. The number of carbonyl (C=O) groups is 1. The largest absolute Gasteiger partial charge is 0.508 e. The summed E-state index contributed by atoms with van der Waals surface area (Å²) < 4.78 is 0. The second kappa shape index (κ2) is 7.70. The number of hydrogen-bond donors (Lipinski definition) is 2. The molecule has 3 aromatic rings. The molecule has 0 spiro atoms. The van der Waals surface area contributed by atoms with Gasteiger partial charge in [-0.2, -0.15) is 0 Å². The first-order valence-electron chi connectivity index (χ1n) is 8.52. The highest BCUT2D eigenvalue weighted by molar-refractivity contribution is 5.99. The molecule has 0 radical (unpaired) electrons. The van der Waals surface area contributed by atoms with Crippen LogP contribution >= 0.6 is 0 Å². The Morgan fingerprint density at radius 2 is 1.23 bits per heavy atom. The second-order valence-corrected chi connectivity index (χ2v) is 6.00. The first-order chi connectivity index (χ1) is 12.6. The molecule has 0 saturated heterocycles. The van der Waals surface area contributed by atoms with Gasteiger partial charge in [-0.1, -0.05) is 61.5 Å². The minimum atomic E-state index is -0.939. The maximum Gasteiger partial charge on any atom is 0.335 e. The number of benzene rings is 3. The number of carboxylic acids is 1. The Morgan fingerprint density at radius 3 is 1.73 bits per heavy atom. The fraction of sp³-hybridized carbons (Fsp3) is 0.0870. The predicted molar refractivity (Wildman–Crippen MR) is 104 cm³/mol. The van der Waals surface area contributed by atoms with Crippen LogP contribution in [0.1, 0.15) is 40.4 Å². The predicted octanol–water partition coefficient (Wildman–Crippen LogP) is 5.46. The van der Waals surface area contributed by atoms with E-state index < -0.39 is 5.97 Å². The Kier molecular flexibility index (Phi) is 5.18. The van der Waals surface area contributed by atoms with Gasteiger partial charge in [0.15, 0.2) is 0 Å². The average Bonchev–Trinajstić information content (AvgIpc) is 2.68. The van der Waals surface area contributed by atoms with Crippen molar-refractivity contribution in [1.29, 1.82) is 0 Å². The summed E-state index contributed by atoms with van der Waals surface area (Å²) in [5.41, 5.74) is 5.51. The number of phenols is 1. The number of hydrogen-bond acceptors (Lipinski definition) is 2. The molecule has 0 saturated carbocycles. The van der Waals surface area contributed by atoms with Crippen LogP contribution in [0.15, 0.2) is 78.9 Å². The first kappa shape index (κ1) is 17.5. The molecule has 130 valence electrons. The van der Waals surface area contributed by atoms with Crippen molar-refractivity contribution in [2.75, 3.05) is 0 Å². The van der Waals surface area contributed by atoms with Crippen molar-refractivity contribution < 1.29 is 15.0 Å². The molecule has 0 aliphatic carbocycles. The Labute approximate surface area is 152 Å². The van der Waals surface area contributed by atoms with Gasteiger partial charge in [-0.05, 0) is 58.5 Å². The van der Waals surface area contributed by atoms with Crippen LogP contribution in [0.3, 0.4) is 0 Å². The van der Waals surface area contributed by atoms with E-state index in [9.17, 15) is 9.90 Å². The quantitative estimate of drug-likeness (QED) is 0.604. The zero-order chi connectivity index (χ0) is 18.5. The van der Waals surface area contributed by atoms with E-state index in [0.717, 1.165) is 28.7 Å². The molecule has 0 amide bonds. The van der Waals surface area contributed by atoms with Crippen molar-refractivity contribution in [1.82, 2.24) is 0 Å². The third-order valence-corrected chi connectivity index (χ3v) is 4.35. The van der Waals surface area contributed by atoms with Crippen molar-refractivity contribution in [2.45, 2.75) is 13.3 Å². The summed E-state index contributed by atoms with van der Waals surface area (Å²) in [6.45, 7) is 2.11. The van der Waals surface area contributed by atoms with Gasteiger partial charge in [0.25, 0.3) is 0 Å². The molecule has 26 heavy (non-hydrogen) atoms. The number of phenolic OH excluding ortho intramolecular Hbond substituents is 1. The Hall–Kier alpha value is -3.33. The molecule has 0 unspecified atom stereocenters. The molecular formula is C23H20O3. The highest BCUT2D eigenvalue weighted by atomic mass is 16.4. The van der Waals surface area contributed by atoms with Gasteiger partial charge >= 0.3 is 5.97 Å². The van der Waals surface area contributed by atoms with Crippen molar-refractivity contribution in [3.8, 4) is 5.75 Å². The Bertz CT molecular complexity index is 921. The molecule has 0 fully saturated rings. The molecule has 3 heteroatoms. The molecule has 3 rings (SSSR count). The third-order valence-electron chi connectivity index (χ3n) is 4.35. The van der Waals surface area contributed by atoms with Gasteiger partial charge in [-0.3, -0.25) is 0 Å². The number of aromatic hydroxyl groups is 1. The van der Waals surface area contributed by atoms with E-state index in [2.05, 4.69) is 19.1 Å². The minimum absolute atomic E-state index is 0.215. The highest BCUT2D eigenvalue weighted by Gasteiger charge is 2.14. The van der Waals surface area contributed by atoms with Crippen LogP contribution in [-0.2, 0) is 0 Å². The monoisotopic (exact) mass is 344 g/mol. The average molecular weight is 344 g/mol. The lowest BCUT2D eigenvalue weighted by Gasteiger charge is -2.16. The van der Waals surface area contributed by atoms with E-state index in [4.69, 9.17) is 5.11 Å². The summed E-state index contributed by atoms with van der Waals surface area (Å²) in [4.78, 5) is 11.2. The first-order valence-corrected chi connectivity index (χ1v) is 8.52. The van der Waals surface area contributed by atoms with Gasteiger partial charge in [0.1, 0.15) is 5.75 Å². The van der Waals surface area contributed by atoms with Crippen LogP contribution in [0.4, 0.5) is 0 Å². The molecule has 0 aromatic heterocycles. The van der Waals surface area contributed by atoms with E-state index in [1.807, 2.05) is 42.5 Å². The second-order valence-electron chi connectivity index (χ2n) is 6.00.